The molecule has 0 aromatic heterocycles. The summed E-state index contributed by atoms with van der Waals surface area (Å²) >= 11 is 0. The molecule has 0 radical (unpaired) electrons. The Morgan fingerprint density at radius 3 is 0.875 bits per heavy atom. The van der Waals surface area contributed by atoms with E-state index in [1.807, 2.05) is 0 Å². The molecule has 8 aromatic carbocycles. The maximum Gasteiger partial charge on any atom is 0.303 e. The van der Waals surface area contributed by atoms with Crippen LogP contribution in [-0.2, 0) is 31.9 Å². The van der Waals surface area contributed by atoms with Crippen molar-refractivity contribution in [1.29, 1.82) is 0 Å². The van der Waals surface area contributed by atoms with E-state index in [2.05, 4.69) is 219 Å². The third kappa shape index (κ3) is 10.4. The smallest absolute Gasteiger partial charge is 0.303 e. The van der Waals surface area contributed by atoms with Crippen molar-refractivity contribution in [3.8, 4) is 0 Å². The Kier molecular flexibility index (Phi) is 13.0. The number of hydrogen-bond acceptors (Lipinski definition) is 6. The van der Waals surface area contributed by atoms with E-state index in [1.54, 1.807) is 0 Å². The summed E-state index contributed by atoms with van der Waals surface area (Å²) in [7, 11) is 0. The molecule has 0 aliphatic heterocycles. The molecule has 0 bridgehead atoms. The molecule has 320 valence electrons. The molecule has 6 heteroatoms. The molecule has 0 amide bonds. The summed E-state index contributed by atoms with van der Waals surface area (Å²) in [5, 5.41) is 2.15. The Labute approximate surface area is 377 Å². The second-order valence-electron chi connectivity index (χ2n) is 16.8. The topological polar surface area (TPSA) is 59.1 Å². The van der Waals surface area contributed by atoms with Gasteiger partial charge in [0, 0.05) is 60.8 Å². The fourth-order valence-electron chi connectivity index (χ4n) is 8.23. The number of anilines is 6. The van der Waals surface area contributed by atoms with Crippen LogP contribution in [0.25, 0.3) is 10.8 Å². The predicted octanol–water partition coefficient (Wildman–Crippen LogP) is 14.7. The van der Waals surface area contributed by atoms with Crippen molar-refractivity contribution >= 4 is 56.8 Å². The highest BCUT2D eigenvalue weighted by Crippen LogP contribution is 2.38. The SMILES string of the molecule is CC(=O)OC(Cc1ccc2cc(CC(OC(C)=O)c3ccc(N(c4ccc(C)cc4)c4ccc(C)cc4)cc3)ccc2c1)c1ccc(N(c2ccc(C)cc2)c2ccc(C)cc2)cc1. The van der Waals surface area contributed by atoms with Gasteiger partial charge in [-0.2, -0.15) is 0 Å². The predicted molar refractivity (Wildman–Crippen MR) is 262 cm³/mol. The molecule has 0 heterocycles. The molecular weight excluding hydrogens is 789 g/mol. The van der Waals surface area contributed by atoms with Crippen LogP contribution in [0, 0.1) is 27.7 Å². The molecule has 2 atom stereocenters. The number of esters is 2. The summed E-state index contributed by atoms with van der Waals surface area (Å²) in [5.41, 5.74) is 15.0. The van der Waals surface area contributed by atoms with Gasteiger partial charge in [0.15, 0.2) is 0 Å². The average Bonchev–Trinajstić information content (AvgIpc) is 3.29. The first-order valence-corrected chi connectivity index (χ1v) is 21.9. The van der Waals surface area contributed by atoms with E-state index >= 15 is 0 Å². The standard InChI is InChI=1S/C58H54N2O4/c1-39-7-23-51(24-8-39)59(52-25-9-40(2)10-26-52)55-31-19-47(20-32-55)57(63-43(5)61)37-45-15-17-50-36-46(16-18-49(50)35-45)38-58(64-44(6)62)48-21-33-56(34-22-48)60(53-27-11-41(3)12-28-53)54-29-13-42(4)14-30-54/h7-36,57-58H,37-38H2,1-6H3. The average molecular weight is 843 g/mol. The molecule has 0 aliphatic rings. The van der Waals surface area contributed by atoms with Crippen LogP contribution in [0.3, 0.4) is 0 Å². The van der Waals surface area contributed by atoms with Gasteiger partial charge < -0.3 is 19.3 Å². The molecule has 0 spiro atoms. The molecule has 0 fully saturated rings. The highest BCUT2D eigenvalue weighted by molar-refractivity contribution is 5.84. The maximum absolute atomic E-state index is 12.4. The lowest BCUT2D eigenvalue weighted by atomic mass is 9.95. The third-order valence-corrected chi connectivity index (χ3v) is 11.6. The second-order valence-corrected chi connectivity index (χ2v) is 16.8. The Morgan fingerprint density at radius 2 is 0.625 bits per heavy atom. The zero-order valence-corrected chi connectivity index (χ0v) is 37.4. The summed E-state index contributed by atoms with van der Waals surface area (Å²) in [4.78, 5) is 29.4. The van der Waals surface area contributed by atoms with Crippen molar-refractivity contribution in [2.24, 2.45) is 0 Å². The number of rotatable bonds is 14. The summed E-state index contributed by atoms with van der Waals surface area (Å²) in [5.74, 6) is -0.653. The van der Waals surface area contributed by atoms with Crippen LogP contribution in [0.2, 0.25) is 0 Å². The second kappa shape index (κ2) is 19.3. The molecule has 0 aliphatic carbocycles. The molecule has 0 saturated carbocycles. The van der Waals surface area contributed by atoms with E-state index in [-0.39, 0.29) is 11.9 Å². The van der Waals surface area contributed by atoms with Crippen LogP contribution in [-0.4, -0.2) is 11.9 Å². The van der Waals surface area contributed by atoms with Gasteiger partial charge in [0.25, 0.3) is 0 Å². The molecule has 6 nitrogen and oxygen atoms in total. The Bertz CT molecular complexity index is 2560. The van der Waals surface area contributed by atoms with Crippen molar-refractivity contribution < 1.29 is 19.1 Å². The van der Waals surface area contributed by atoms with Crippen molar-refractivity contribution in [3.05, 3.63) is 226 Å². The molecule has 2 unspecified atom stereocenters. The number of aryl methyl sites for hydroxylation is 4. The van der Waals surface area contributed by atoms with Crippen LogP contribution >= 0.6 is 0 Å². The first kappa shape index (κ1) is 43.2. The summed E-state index contributed by atoms with van der Waals surface area (Å²) in [6, 6.07) is 63.5. The van der Waals surface area contributed by atoms with E-state index in [4.69, 9.17) is 9.47 Å². The van der Waals surface area contributed by atoms with Gasteiger partial charge in [-0.25, -0.2) is 0 Å². The van der Waals surface area contributed by atoms with Crippen molar-refractivity contribution in [1.82, 2.24) is 0 Å². The summed E-state index contributed by atoms with van der Waals surface area (Å²) in [6.45, 7) is 11.3. The van der Waals surface area contributed by atoms with Gasteiger partial charge in [-0.1, -0.05) is 131 Å². The Morgan fingerprint density at radius 1 is 0.375 bits per heavy atom. The Hall–Kier alpha value is -7.44. The van der Waals surface area contributed by atoms with Crippen molar-refractivity contribution in [2.75, 3.05) is 9.80 Å². The summed E-state index contributed by atoms with van der Waals surface area (Å²) < 4.78 is 11.9. The molecule has 0 N–H and O–H groups in total. The fraction of sp³-hybridized carbons (Fsp3) is 0.172. The van der Waals surface area contributed by atoms with Crippen molar-refractivity contribution in [3.63, 3.8) is 0 Å². The number of carbonyl (C=O) groups is 2. The minimum Gasteiger partial charge on any atom is -0.457 e. The van der Waals surface area contributed by atoms with E-state index in [0.29, 0.717) is 12.8 Å². The van der Waals surface area contributed by atoms with Gasteiger partial charge in [0.05, 0.1) is 0 Å². The van der Waals surface area contributed by atoms with Crippen LogP contribution in [0.4, 0.5) is 34.1 Å². The van der Waals surface area contributed by atoms with Gasteiger partial charge in [0.1, 0.15) is 12.2 Å². The quantitative estimate of drug-likeness (QED) is 0.102. The first-order chi connectivity index (χ1) is 30.9. The molecule has 8 rings (SSSR count). The number of benzene rings is 8. The van der Waals surface area contributed by atoms with Crippen LogP contribution in [0.1, 0.15) is 70.6 Å². The molecule has 0 saturated heterocycles. The lowest BCUT2D eigenvalue weighted by molar-refractivity contribution is -0.147. The fourth-order valence-corrected chi connectivity index (χ4v) is 8.23. The first-order valence-electron chi connectivity index (χ1n) is 21.9. The normalized spacial score (nSPS) is 12.0. The van der Waals surface area contributed by atoms with Gasteiger partial charge in [0.2, 0.25) is 0 Å². The largest absolute Gasteiger partial charge is 0.457 e. The number of ether oxygens (including phenoxy) is 2. The van der Waals surface area contributed by atoms with Crippen LogP contribution in [0.15, 0.2) is 182 Å². The number of carbonyl (C=O) groups excluding carboxylic acids is 2. The van der Waals surface area contributed by atoms with Gasteiger partial charge in [-0.05, 0) is 134 Å². The number of hydrogen-bond donors (Lipinski definition) is 0. The van der Waals surface area contributed by atoms with E-state index in [1.165, 1.54) is 36.1 Å². The zero-order valence-electron chi connectivity index (χ0n) is 37.4. The highest BCUT2D eigenvalue weighted by Gasteiger charge is 2.21. The van der Waals surface area contributed by atoms with E-state index in [0.717, 1.165) is 67.2 Å². The van der Waals surface area contributed by atoms with Crippen molar-refractivity contribution in [2.45, 2.75) is 66.6 Å². The molecular formula is C58H54N2O4. The van der Waals surface area contributed by atoms with Gasteiger partial charge >= 0.3 is 11.9 Å². The number of nitrogens with zero attached hydrogens (tertiary/aromatic N) is 2. The van der Waals surface area contributed by atoms with E-state index < -0.39 is 12.2 Å². The lowest BCUT2D eigenvalue weighted by Gasteiger charge is -2.26. The number of fused-ring (bicyclic) bond motifs is 1. The maximum atomic E-state index is 12.4. The summed E-state index contributed by atoms with van der Waals surface area (Å²) in [6.07, 6.45) is 0.109. The van der Waals surface area contributed by atoms with Crippen LogP contribution < -0.4 is 9.80 Å². The van der Waals surface area contributed by atoms with Gasteiger partial charge in [-0.3, -0.25) is 9.59 Å². The van der Waals surface area contributed by atoms with E-state index in [9.17, 15) is 9.59 Å². The minimum absolute atomic E-state index is 0.327. The zero-order chi connectivity index (χ0) is 44.7. The Balaban J connectivity index is 1.01. The van der Waals surface area contributed by atoms with Crippen LogP contribution in [0.5, 0.6) is 0 Å². The monoisotopic (exact) mass is 842 g/mol. The molecule has 8 aromatic rings. The molecule has 64 heavy (non-hydrogen) atoms. The third-order valence-electron chi connectivity index (χ3n) is 11.6. The lowest BCUT2D eigenvalue weighted by Crippen LogP contribution is -2.13. The van der Waals surface area contributed by atoms with Gasteiger partial charge in [-0.15, -0.1) is 0 Å². The minimum atomic E-state index is -0.466. The highest BCUT2D eigenvalue weighted by atomic mass is 16.5.